The lowest BCUT2D eigenvalue weighted by molar-refractivity contribution is -0.116. The van der Waals surface area contributed by atoms with Crippen LogP contribution in [-0.2, 0) is 4.79 Å². The molecule has 1 atom stereocenters. The summed E-state index contributed by atoms with van der Waals surface area (Å²) in [6.07, 6.45) is 1.78. The Morgan fingerprint density at radius 2 is 1.96 bits per heavy atom. The Bertz CT molecular complexity index is 866. The van der Waals surface area contributed by atoms with Crippen molar-refractivity contribution in [1.82, 2.24) is 5.32 Å². The summed E-state index contributed by atoms with van der Waals surface area (Å²) in [4.78, 5) is 12.8. The lowest BCUT2D eigenvalue weighted by atomic mass is 10.2. The van der Waals surface area contributed by atoms with E-state index in [1.807, 2.05) is 25.1 Å². The second kappa shape index (κ2) is 7.61. The summed E-state index contributed by atoms with van der Waals surface area (Å²) in [6.45, 7) is 1.97. The van der Waals surface area contributed by atoms with Gasteiger partial charge in [-0.05, 0) is 80.3 Å². The average molecular weight is 505 g/mol. The van der Waals surface area contributed by atoms with E-state index in [2.05, 4.69) is 42.5 Å². The number of hydrogen-bond acceptors (Lipinski definition) is 4. The van der Waals surface area contributed by atoms with Crippen LogP contribution in [0.1, 0.15) is 11.1 Å². The number of carbonyl (C=O) groups excluding carboxylic acids is 1. The number of anilines is 1. The molecule has 1 unspecified atom stereocenters. The molecule has 0 radical (unpaired) electrons. The van der Waals surface area contributed by atoms with Gasteiger partial charge in [-0.1, -0.05) is 29.4 Å². The lowest BCUT2D eigenvalue weighted by Gasteiger charge is -2.15. The molecule has 0 spiro atoms. The second-order valence-corrected chi connectivity index (χ2v) is 8.71. The summed E-state index contributed by atoms with van der Waals surface area (Å²) in [6, 6.07) is 9.09. The molecule has 0 aromatic heterocycles. The second-order valence-electron chi connectivity index (χ2n) is 5.42. The topological polar surface area (TPSA) is 61.4 Å². The van der Waals surface area contributed by atoms with E-state index in [4.69, 9.17) is 11.6 Å². The van der Waals surface area contributed by atoms with Crippen LogP contribution in [-0.4, -0.2) is 16.5 Å². The number of carbonyl (C=O) groups is 1. The zero-order valence-electron chi connectivity index (χ0n) is 12.9. The fourth-order valence-corrected chi connectivity index (χ4v) is 4.65. The third kappa shape index (κ3) is 4.34. The minimum atomic E-state index is -0.278. The molecule has 1 saturated heterocycles. The maximum Gasteiger partial charge on any atom is 0.260 e. The van der Waals surface area contributed by atoms with E-state index in [0.717, 1.165) is 16.8 Å². The van der Waals surface area contributed by atoms with Crippen LogP contribution in [0.3, 0.4) is 0 Å². The lowest BCUT2D eigenvalue weighted by Crippen LogP contribution is -2.31. The predicted molar refractivity (Wildman–Crippen MR) is 111 cm³/mol. The van der Waals surface area contributed by atoms with Gasteiger partial charge in [0.2, 0.25) is 0 Å². The summed E-state index contributed by atoms with van der Waals surface area (Å²) in [5.41, 5.74) is 2.44. The number of nitrogens with one attached hydrogen (secondary N) is 2. The molecule has 0 bridgehead atoms. The number of halogens is 3. The first-order valence-corrected chi connectivity index (χ1v) is 10.1. The van der Waals surface area contributed by atoms with Crippen molar-refractivity contribution in [2.75, 3.05) is 5.32 Å². The Hall–Kier alpha value is -1.15. The van der Waals surface area contributed by atoms with Crippen LogP contribution in [0.15, 0.2) is 44.2 Å². The van der Waals surface area contributed by atoms with Gasteiger partial charge in [0.15, 0.2) is 5.50 Å². The minimum Gasteiger partial charge on any atom is -0.506 e. The highest BCUT2D eigenvalue weighted by Crippen LogP contribution is 2.36. The van der Waals surface area contributed by atoms with Crippen LogP contribution >= 0.6 is 55.2 Å². The molecule has 8 heteroatoms. The van der Waals surface area contributed by atoms with Gasteiger partial charge in [-0.2, -0.15) is 0 Å². The number of rotatable bonds is 3. The first-order valence-electron chi connectivity index (χ1n) is 7.23. The van der Waals surface area contributed by atoms with Crippen molar-refractivity contribution in [3.8, 4) is 5.75 Å². The van der Waals surface area contributed by atoms with Crippen LogP contribution in [0.5, 0.6) is 5.75 Å². The zero-order chi connectivity index (χ0) is 18.1. The van der Waals surface area contributed by atoms with Crippen molar-refractivity contribution in [3.05, 3.63) is 60.3 Å². The van der Waals surface area contributed by atoms with Crippen molar-refractivity contribution in [1.29, 1.82) is 0 Å². The number of aromatic hydroxyl groups is 1. The number of phenolic OH excluding ortho intramolecular Hbond substituents is 1. The Balaban J connectivity index is 1.79. The fourth-order valence-electron chi connectivity index (χ4n) is 2.28. The van der Waals surface area contributed by atoms with Gasteiger partial charge in [0.05, 0.1) is 13.9 Å². The number of phenols is 1. The minimum absolute atomic E-state index is 0.127. The molecule has 3 rings (SSSR count). The monoisotopic (exact) mass is 502 g/mol. The van der Waals surface area contributed by atoms with Crippen molar-refractivity contribution in [2.24, 2.45) is 0 Å². The maximum absolute atomic E-state index is 12.2. The quantitative estimate of drug-likeness (QED) is 0.485. The van der Waals surface area contributed by atoms with Crippen molar-refractivity contribution in [3.63, 3.8) is 0 Å². The first kappa shape index (κ1) is 18.6. The third-order valence-electron chi connectivity index (χ3n) is 3.55. The number of aryl methyl sites for hydroxylation is 1. The molecule has 1 amide bonds. The Kier molecular flexibility index (Phi) is 5.68. The van der Waals surface area contributed by atoms with Gasteiger partial charge in [-0.25, -0.2) is 0 Å². The van der Waals surface area contributed by atoms with Gasteiger partial charge < -0.3 is 15.7 Å². The van der Waals surface area contributed by atoms with Crippen molar-refractivity contribution < 1.29 is 9.90 Å². The van der Waals surface area contributed by atoms with Crippen LogP contribution < -0.4 is 10.6 Å². The van der Waals surface area contributed by atoms with Gasteiger partial charge in [-0.3, -0.25) is 4.79 Å². The van der Waals surface area contributed by atoms with Gasteiger partial charge in [0.25, 0.3) is 5.91 Å². The molecule has 1 aliphatic heterocycles. The average Bonchev–Trinajstić information content (AvgIpc) is 2.88. The van der Waals surface area contributed by atoms with E-state index >= 15 is 0 Å². The molecule has 2 aromatic rings. The number of hydrogen-bond donors (Lipinski definition) is 3. The molecule has 0 saturated carbocycles. The van der Waals surface area contributed by atoms with E-state index in [9.17, 15) is 9.90 Å². The number of thioether (sulfide) groups is 1. The standard InChI is InChI=1S/C17H13Br2ClN2O2S/c1-8-2-3-10(20)7-13(8)21-17-22-16(24)14(25-17)6-9-4-11(18)15(23)12(19)5-9/h2-7,17,21,23H,1H3,(H,22,24)/b14-6-. The highest BCUT2D eigenvalue weighted by atomic mass is 79.9. The normalized spacial score (nSPS) is 18.5. The van der Waals surface area contributed by atoms with Crippen molar-refractivity contribution >= 4 is 72.9 Å². The zero-order valence-corrected chi connectivity index (χ0v) is 17.7. The van der Waals surface area contributed by atoms with Gasteiger partial charge in [0, 0.05) is 10.7 Å². The Morgan fingerprint density at radius 1 is 1.28 bits per heavy atom. The Labute approximate surface area is 171 Å². The van der Waals surface area contributed by atoms with E-state index in [1.165, 1.54) is 11.8 Å². The molecule has 0 aliphatic carbocycles. The van der Waals surface area contributed by atoms with E-state index in [1.54, 1.807) is 18.2 Å². The fraction of sp³-hybridized carbons (Fsp3) is 0.118. The predicted octanol–water partition coefficient (Wildman–Crippen LogP) is 5.48. The molecule has 1 aliphatic rings. The summed E-state index contributed by atoms with van der Waals surface area (Å²) < 4.78 is 1.11. The molecule has 4 nitrogen and oxygen atoms in total. The van der Waals surface area contributed by atoms with Gasteiger partial charge in [-0.15, -0.1) is 0 Å². The summed E-state index contributed by atoms with van der Waals surface area (Å²) in [5, 5.41) is 16.6. The molecule has 1 heterocycles. The molecule has 3 N–H and O–H groups in total. The van der Waals surface area contributed by atoms with Crippen LogP contribution in [0.25, 0.3) is 6.08 Å². The van der Waals surface area contributed by atoms with Crippen LogP contribution in [0, 0.1) is 6.92 Å². The molecule has 1 fully saturated rings. The van der Waals surface area contributed by atoms with Gasteiger partial charge >= 0.3 is 0 Å². The number of amides is 1. The van der Waals surface area contributed by atoms with Crippen molar-refractivity contribution in [2.45, 2.75) is 12.4 Å². The largest absolute Gasteiger partial charge is 0.506 e. The molecule has 25 heavy (non-hydrogen) atoms. The van der Waals surface area contributed by atoms with E-state index in [-0.39, 0.29) is 17.2 Å². The maximum atomic E-state index is 12.2. The molecular weight excluding hydrogens is 492 g/mol. The first-order chi connectivity index (χ1) is 11.8. The number of benzene rings is 2. The summed E-state index contributed by atoms with van der Waals surface area (Å²) in [7, 11) is 0. The molecule has 130 valence electrons. The smallest absolute Gasteiger partial charge is 0.260 e. The highest BCUT2D eigenvalue weighted by Gasteiger charge is 2.27. The van der Waals surface area contributed by atoms with E-state index < -0.39 is 0 Å². The molecule has 2 aromatic carbocycles. The third-order valence-corrected chi connectivity index (χ3v) is 6.03. The van der Waals surface area contributed by atoms with Crippen LogP contribution in [0.2, 0.25) is 5.02 Å². The highest BCUT2D eigenvalue weighted by molar-refractivity contribution is 9.11. The van der Waals surface area contributed by atoms with Crippen LogP contribution in [0.4, 0.5) is 5.69 Å². The summed E-state index contributed by atoms with van der Waals surface area (Å²) >= 11 is 14.0. The van der Waals surface area contributed by atoms with E-state index in [0.29, 0.717) is 18.9 Å². The summed E-state index contributed by atoms with van der Waals surface area (Å²) in [5.74, 6) is -0.0239. The van der Waals surface area contributed by atoms with Gasteiger partial charge in [0.1, 0.15) is 5.75 Å². The molecular formula is C17H13Br2ClN2O2S. The Morgan fingerprint density at radius 3 is 2.64 bits per heavy atom. The SMILES string of the molecule is Cc1ccc(Cl)cc1NC1NC(=O)/C(=C/c2cc(Br)c(O)c(Br)c2)S1.